The lowest BCUT2D eigenvalue weighted by Gasteiger charge is -2.37. The van der Waals surface area contributed by atoms with Crippen LogP contribution in [0.4, 0.5) is 11.4 Å². The van der Waals surface area contributed by atoms with Crippen LogP contribution >= 0.6 is 0 Å². The Kier molecular flexibility index (Phi) is 4.78. The van der Waals surface area contributed by atoms with Crippen molar-refractivity contribution in [3.05, 3.63) is 65.7 Å². The third kappa shape index (κ3) is 3.32. The molecule has 37 heavy (non-hydrogen) atoms. The molecule has 3 amide bonds. The second-order valence-corrected chi connectivity index (χ2v) is 11.3. The van der Waals surface area contributed by atoms with E-state index in [-0.39, 0.29) is 54.4 Å². The van der Waals surface area contributed by atoms with Crippen molar-refractivity contribution in [2.24, 2.45) is 41.4 Å². The van der Waals surface area contributed by atoms with Crippen LogP contribution in [0.15, 0.2) is 54.6 Å². The first-order chi connectivity index (χ1) is 17.8. The van der Waals surface area contributed by atoms with Crippen LogP contribution in [0.3, 0.4) is 0 Å². The molecule has 2 aromatic carbocycles. The fourth-order valence-corrected chi connectivity index (χ4v) is 7.18. The van der Waals surface area contributed by atoms with Gasteiger partial charge in [0, 0.05) is 18.7 Å². The summed E-state index contributed by atoms with van der Waals surface area (Å²) in [5, 5.41) is 0. The monoisotopic (exact) mass is 496 g/mol. The van der Waals surface area contributed by atoms with Crippen molar-refractivity contribution in [2.45, 2.75) is 26.7 Å². The summed E-state index contributed by atoms with van der Waals surface area (Å²) in [5.74, 6) is -0.0329. The zero-order valence-electron chi connectivity index (χ0n) is 20.8. The smallest absolute Gasteiger partial charge is 0.316 e. The topological polar surface area (TPSA) is 84.0 Å². The van der Waals surface area contributed by atoms with E-state index in [4.69, 9.17) is 4.74 Å². The van der Waals surface area contributed by atoms with Gasteiger partial charge in [0.1, 0.15) is 5.75 Å². The van der Waals surface area contributed by atoms with Crippen molar-refractivity contribution in [3.8, 4) is 5.75 Å². The molecule has 2 saturated carbocycles. The fraction of sp³-hybridized carbons (Fsp3) is 0.400. The van der Waals surface area contributed by atoms with Crippen molar-refractivity contribution in [1.29, 1.82) is 0 Å². The van der Waals surface area contributed by atoms with Gasteiger partial charge in [0.15, 0.2) is 0 Å². The van der Waals surface area contributed by atoms with E-state index in [0.717, 1.165) is 17.7 Å². The molecule has 2 aromatic rings. The molecule has 7 nitrogen and oxygen atoms in total. The largest absolute Gasteiger partial charge is 0.426 e. The van der Waals surface area contributed by atoms with E-state index in [1.807, 2.05) is 38.1 Å². The minimum Gasteiger partial charge on any atom is -0.426 e. The molecule has 0 spiro atoms. The van der Waals surface area contributed by atoms with Gasteiger partial charge in [0.2, 0.25) is 17.7 Å². The number of hydrogen-bond acceptors (Lipinski definition) is 5. The van der Waals surface area contributed by atoms with Crippen LogP contribution in [0.2, 0.25) is 0 Å². The Morgan fingerprint density at radius 2 is 1.54 bits per heavy atom. The zero-order chi connectivity index (χ0) is 25.6. The molecule has 0 radical (unpaired) electrons. The highest BCUT2D eigenvalue weighted by Gasteiger charge is 2.67. The molecule has 7 heteroatoms. The number of aryl methyl sites for hydroxylation is 2. The van der Waals surface area contributed by atoms with Gasteiger partial charge in [-0.25, -0.2) is 4.90 Å². The number of imide groups is 1. The van der Waals surface area contributed by atoms with Gasteiger partial charge in [-0.15, -0.1) is 0 Å². The van der Waals surface area contributed by atoms with Crippen LogP contribution in [0.1, 0.15) is 24.0 Å². The minimum atomic E-state index is -0.562. The van der Waals surface area contributed by atoms with Gasteiger partial charge in [-0.1, -0.05) is 29.8 Å². The Labute approximate surface area is 215 Å². The molecule has 188 valence electrons. The summed E-state index contributed by atoms with van der Waals surface area (Å²) in [7, 11) is 0. The van der Waals surface area contributed by atoms with Gasteiger partial charge in [-0.3, -0.25) is 19.2 Å². The molecule has 0 unspecified atom stereocenters. The number of anilines is 2. The SMILES string of the molecule is Cc1ccc(N2C[C@H](C(=O)Oc3ccc(N4C(=O)[C@@H]5[C@H]6C=C[C@@H]([C@@H]7C[C@@H]67)[C@H]5C4=O)c(C)c3)CC2=O)cc1. The number of ether oxygens (including phenoxy) is 1. The Morgan fingerprint density at radius 3 is 2.16 bits per heavy atom. The maximum Gasteiger partial charge on any atom is 0.316 e. The van der Waals surface area contributed by atoms with E-state index < -0.39 is 11.9 Å². The maximum atomic E-state index is 13.4. The van der Waals surface area contributed by atoms with E-state index >= 15 is 0 Å². The first-order valence-corrected chi connectivity index (χ1v) is 13.1. The Hall–Kier alpha value is -3.74. The van der Waals surface area contributed by atoms with Gasteiger partial charge in [0.05, 0.1) is 23.4 Å². The number of carbonyl (C=O) groups excluding carboxylic acids is 4. The molecule has 2 heterocycles. The molecular weight excluding hydrogens is 468 g/mol. The third-order valence-electron chi connectivity index (χ3n) is 9.09. The Bertz CT molecular complexity index is 1360. The third-order valence-corrected chi connectivity index (χ3v) is 9.09. The molecule has 2 saturated heterocycles. The van der Waals surface area contributed by atoms with Gasteiger partial charge < -0.3 is 9.64 Å². The van der Waals surface area contributed by atoms with Gasteiger partial charge in [0.25, 0.3) is 0 Å². The molecule has 4 aliphatic carbocycles. The summed E-state index contributed by atoms with van der Waals surface area (Å²) >= 11 is 0. The van der Waals surface area contributed by atoms with E-state index in [1.165, 1.54) is 4.90 Å². The first kappa shape index (κ1) is 22.5. The predicted molar refractivity (Wildman–Crippen MR) is 136 cm³/mol. The number of allylic oxidation sites excluding steroid dienone is 2. The number of carbonyl (C=O) groups is 4. The van der Waals surface area contributed by atoms with Crippen molar-refractivity contribution in [3.63, 3.8) is 0 Å². The number of benzene rings is 2. The van der Waals surface area contributed by atoms with Crippen molar-refractivity contribution in [2.75, 3.05) is 16.3 Å². The number of nitrogens with zero attached hydrogens (tertiary/aromatic N) is 2. The molecule has 4 fully saturated rings. The molecule has 2 bridgehead atoms. The van der Waals surface area contributed by atoms with Crippen LogP contribution in [0, 0.1) is 55.3 Å². The summed E-state index contributed by atoms with van der Waals surface area (Å²) in [4.78, 5) is 55.3. The second-order valence-electron chi connectivity index (χ2n) is 11.3. The molecule has 8 rings (SSSR count). The summed E-state index contributed by atoms with van der Waals surface area (Å²) < 4.78 is 5.64. The lowest BCUT2D eigenvalue weighted by Crippen LogP contribution is -2.40. The average Bonchev–Trinajstić information content (AvgIpc) is 3.56. The van der Waals surface area contributed by atoms with Crippen molar-refractivity contribution < 1.29 is 23.9 Å². The molecule has 6 aliphatic rings. The van der Waals surface area contributed by atoms with Gasteiger partial charge >= 0.3 is 5.97 Å². The van der Waals surface area contributed by atoms with E-state index in [1.54, 1.807) is 23.1 Å². The van der Waals surface area contributed by atoms with E-state index in [2.05, 4.69) is 12.2 Å². The lowest BCUT2D eigenvalue weighted by molar-refractivity contribution is -0.139. The fourth-order valence-electron chi connectivity index (χ4n) is 7.18. The number of hydrogen-bond donors (Lipinski definition) is 0. The number of rotatable bonds is 4. The number of esters is 1. The van der Waals surface area contributed by atoms with Crippen LogP contribution in [0.25, 0.3) is 0 Å². The summed E-state index contributed by atoms with van der Waals surface area (Å²) in [6.45, 7) is 4.07. The van der Waals surface area contributed by atoms with Crippen molar-refractivity contribution in [1.82, 2.24) is 0 Å². The minimum absolute atomic E-state index is 0.0989. The lowest BCUT2D eigenvalue weighted by atomic mass is 9.63. The molecule has 2 aliphatic heterocycles. The molecular formula is C30H28N2O5. The highest BCUT2D eigenvalue weighted by atomic mass is 16.5. The quantitative estimate of drug-likeness (QED) is 0.278. The highest BCUT2D eigenvalue weighted by Crippen LogP contribution is 2.65. The van der Waals surface area contributed by atoms with Crippen LogP contribution in [-0.4, -0.2) is 30.2 Å². The maximum absolute atomic E-state index is 13.4. The summed E-state index contributed by atoms with van der Waals surface area (Å²) in [6.07, 6.45) is 5.56. The van der Waals surface area contributed by atoms with E-state index in [9.17, 15) is 19.2 Å². The van der Waals surface area contributed by atoms with Crippen molar-refractivity contribution >= 4 is 35.1 Å². The summed E-state index contributed by atoms with van der Waals surface area (Å²) in [6, 6.07) is 12.6. The average molecular weight is 497 g/mol. The standard InChI is InChI=1S/C30H28N2O5/c1-15-3-5-18(6-4-15)31-14-17(12-25(31)33)30(36)37-19-7-10-24(16(2)11-19)32-28(34)26-20-8-9-21(23-13-22(20)23)27(26)29(32)35/h3-11,17,20-23,26-27H,12-14H2,1-2H3/t17-,20+,21+,22+,23+,26-,27-/m1/s1. The van der Waals surface area contributed by atoms with Crippen LogP contribution in [-0.2, 0) is 19.2 Å². The van der Waals surface area contributed by atoms with Crippen LogP contribution < -0.4 is 14.5 Å². The highest BCUT2D eigenvalue weighted by molar-refractivity contribution is 6.23. The molecule has 0 aromatic heterocycles. The Morgan fingerprint density at radius 1 is 0.892 bits per heavy atom. The van der Waals surface area contributed by atoms with E-state index in [0.29, 0.717) is 28.8 Å². The molecule has 7 atom stereocenters. The Balaban J connectivity index is 1.06. The second kappa shape index (κ2) is 7.88. The molecule has 0 N–H and O–H groups in total. The predicted octanol–water partition coefficient (Wildman–Crippen LogP) is 3.82. The summed E-state index contributed by atoms with van der Waals surface area (Å²) in [5.41, 5.74) is 3.12. The normalized spacial score (nSPS) is 33.1. The van der Waals surface area contributed by atoms with Crippen LogP contribution in [0.5, 0.6) is 5.75 Å². The zero-order valence-corrected chi connectivity index (χ0v) is 20.8. The first-order valence-electron chi connectivity index (χ1n) is 13.1. The van der Waals surface area contributed by atoms with Gasteiger partial charge in [-0.2, -0.15) is 0 Å². The number of amides is 3. The van der Waals surface area contributed by atoms with Gasteiger partial charge in [-0.05, 0) is 79.8 Å².